The molecule has 0 bridgehead atoms. The van der Waals surface area contributed by atoms with Crippen LogP contribution in [0.25, 0.3) is 0 Å². The molecule has 32 heavy (non-hydrogen) atoms. The van der Waals surface area contributed by atoms with Crippen LogP contribution in [0, 0.1) is 10.1 Å². The maximum atomic E-state index is 12.3. The topological polar surface area (TPSA) is 130 Å². The van der Waals surface area contributed by atoms with Gasteiger partial charge in [0.15, 0.2) is 17.2 Å². The fraction of sp³-hybridized carbons (Fsp3) is 0.190. The number of nitrogens with zero attached hydrogens (tertiary/aromatic N) is 4. The molecule has 1 amide bonds. The molecule has 0 spiro atoms. The van der Waals surface area contributed by atoms with E-state index < -0.39 is 10.8 Å². The number of nitrogens with one attached hydrogen (secondary N) is 1. The highest BCUT2D eigenvalue weighted by atomic mass is 16.6. The van der Waals surface area contributed by atoms with Gasteiger partial charge in [-0.2, -0.15) is 10.2 Å². The monoisotopic (exact) mass is 439 g/mol. The Morgan fingerprint density at radius 3 is 2.34 bits per heavy atom. The zero-order valence-electron chi connectivity index (χ0n) is 17.6. The van der Waals surface area contributed by atoms with Gasteiger partial charge in [-0.25, -0.2) is 5.43 Å². The molecule has 3 rings (SSSR count). The zero-order valence-corrected chi connectivity index (χ0v) is 17.6. The van der Waals surface area contributed by atoms with E-state index in [4.69, 9.17) is 14.2 Å². The number of nitro benzene ring substituents is 1. The first-order valence-corrected chi connectivity index (χ1v) is 9.35. The molecule has 1 aromatic heterocycles. The summed E-state index contributed by atoms with van der Waals surface area (Å²) >= 11 is 0. The number of hydrogen-bond donors (Lipinski definition) is 1. The second-order valence-corrected chi connectivity index (χ2v) is 6.48. The quantitative estimate of drug-likeness (QED) is 0.308. The summed E-state index contributed by atoms with van der Waals surface area (Å²) in [5.41, 5.74) is 4.04. The van der Waals surface area contributed by atoms with Gasteiger partial charge in [-0.05, 0) is 23.8 Å². The van der Waals surface area contributed by atoms with Gasteiger partial charge < -0.3 is 14.2 Å². The first-order valence-electron chi connectivity index (χ1n) is 9.35. The summed E-state index contributed by atoms with van der Waals surface area (Å²) in [7, 11) is 4.52. The molecule has 3 aromatic rings. The van der Waals surface area contributed by atoms with Crippen LogP contribution in [0.2, 0.25) is 0 Å². The zero-order chi connectivity index (χ0) is 23.1. The number of non-ortho nitro benzene ring substituents is 1. The van der Waals surface area contributed by atoms with Crippen molar-refractivity contribution in [2.45, 2.75) is 6.54 Å². The molecule has 0 aliphatic heterocycles. The van der Waals surface area contributed by atoms with Crippen LogP contribution >= 0.6 is 0 Å². The number of nitro groups is 1. The molecule has 166 valence electrons. The number of aromatic nitrogens is 2. The molecular formula is C21H21N5O6. The SMILES string of the molecule is COc1cc(/C=N/NC(=O)c2ccn(Cc3ccc([N+](=O)[O-])cc3)n2)cc(OC)c1OC. The third kappa shape index (κ3) is 5.19. The third-order valence-corrected chi connectivity index (χ3v) is 4.43. The van der Waals surface area contributed by atoms with Gasteiger partial charge in [0, 0.05) is 23.9 Å². The van der Waals surface area contributed by atoms with E-state index in [2.05, 4.69) is 15.6 Å². The van der Waals surface area contributed by atoms with Crippen LogP contribution in [-0.4, -0.2) is 48.2 Å². The Labute approximate surface area is 183 Å². The molecule has 2 aromatic carbocycles. The van der Waals surface area contributed by atoms with Gasteiger partial charge in [-0.15, -0.1) is 0 Å². The standard InChI is InChI=1S/C21H21N5O6/c1-30-18-10-15(11-19(31-2)20(18)32-3)12-22-23-21(27)17-8-9-25(24-17)13-14-4-6-16(7-5-14)26(28)29/h4-12H,13H2,1-3H3,(H,23,27)/b22-12+. The van der Waals surface area contributed by atoms with E-state index in [0.29, 0.717) is 29.4 Å². The van der Waals surface area contributed by atoms with Crippen LogP contribution in [0.1, 0.15) is 21.6 Å². The Morgan fingerprint density at radius 1 is 1.12 bits per heavy atom. The summed E-state index contributed by atoms with van der Waals surface area (Å²) in [6.07, 6.45) is 3.08. The van der Waals surface area contributed by atoms with E-state index in [0.717, 1.165) is 5.56 Å². The average Bonchev–Trinajstić information content (AvgIpc) is 3.27. The Morgan fingerprint density at radius 2 is 1.78 bits per heavy atom. The number of benzene rings is 2. The van der Waals surface area contributed by atoms with Crippen LogP contribution < -0.4 is 19.6 Å². The smallest absolute Gasteiger partial charge is 0.291 e. The highest BCUT2D eigenvalue weighted by molar-refractivity contribution is 5.93. The summed E-state index contributed by atoms with van der Waals surface area (Å²) < 4.78 is 17.4. The predicted octanol–water partition coefficient (Wildman–Crippen LogP) is 2.63. The number of hydrazone groups is 1. The van der Waals surface area contributed by atoms with E-state index >= 15 is 0 Å². The van der Waals surface area contributed by atoms with Gasteiger partial charge in [0.25, 0.3) is 11.6 Å². The van der Waals surface area contributed by atoms with Gasteiger partial charge in [0.2, 0.25) is 5.75 Å². The summed E-state index contributed by atoms with van der Waals surface area (Å²) in [6, 6.07) is 11.1. The lowest BCUT2D eigenvalue weighted by Crippen LogP contribution is -2.18. The lowest BCUT2D eigenvalue weighted by atomic mass is 10.2. The highest BCUT2D eigenvalue weighted by Gasteiger charge is 2.13. The van der Waals surface area contributed by atoms with Gasteiger partial charge in [-0.3, -0.25) is 19.6 Å². The number of amides is 1. The van der Waals surface area contributed by atoms with Gasteiger partial charge in [-0.1, -0.05) is 12.1 Å². The molecular weight excluding hydrogens is 418 g/mol. The average molecular weight is 439 g/mol. The van der Waals surface area contributed by atoms with Crippen molar-refractivity contribution in [1.82, 2.24) is 15.2 Å². The van der Waals surface area contributed by atoms with E-state index in [1.807, 2.05) is 0 Å². The maximum absolute atomic E-state index is 12.3. The van der Waals surface area contributed by atoms with Gasteiger partial charge in [0.1, 0.15) is 0 Å². The number of rotatable bonds is 9. The first kappa shape index (κ1) is 22.3. The van der Waals surface area contributed by atoms with Crippen molar-refractivity contribution >= 4 is 17.8 Å². The minimum absolute atomic E-state index is 0.0132. The van der Waals surface area contributed by atoms with Crippen LogP contribution in [0.4, 0.5) is 5.69 Å². The first-order chi connectivity index (χ1) is 15.4. The van der Waals surface area contributed by atoms with Crippen LogP contribution in [0.3, 0.4) is 0 Å². The second-order valence-electron chi connectivity index (χ2n) is 6.48. The van der Waals surface area contributed by atoms with E-state index in [1.165, 1.54) is 39.7 Å². The van der Waals surface area contributed by atoms with Crippen molar-refractivity contribution in [3.05, 3.63) is 75.6 Å². The number of methoxy groups -OCH3 is 3. The fourth-order valence-corrected chi connectivity index (χ4v) is 2.88. The van der Waals surface area contributed by atoms with Crippen LogP contribution in [0.5, 0.6) is 17.2 Å². The minimum Gasteiger partial charge on any atom is -0.493 e. The lowest BCUT2D eigenvalue weighted by molar-refractivity contribution is -0.384. The largest absolute Gasteiger partial charge is 0.493 e. The summed E-state index contributed by atoms with van der Waals surface area (Å²) in [5.74, 6) is 0.889. The van der Waals surface area contributed by atoms with E-state index in [-0.39, 0.29) is 11.4 Å². The normalized spacial score (nSPS) is 10.7. The molecule has 0 radical (unpaired) electrons. The van der Waals surface area contributed by atoms with Crippen molar-refractivity contribution in [3.63, 3.8) is 0 Å². The molecule has 0 atom stereocenters. The molecule has 0 saturated heterocycles. The van der Waals surface area contributed by atoms with E-state index in [9.17, 15) is 14.9 Å². The van der Waals surface area contributed by atoms with Crippen LogP contribution in [-0.2, 0) is 6.54 Å². The van der Waals surface area contributed by atoms with Gasteiger partial charge >= 0.3 is 0 Å². The Balaban J connectivity index is 1.64. The van der Waals surface area contributed by atoms with Crippen molar-refractivity contribution < 1.29 is 23.9 Å². The summed E-state index contributed by atoms with van der Waals surface area (Å²) in [5, 5.41) is 18.9. The Hall–Kier alpha value is -4.41. The Bertz CT molecular complexity index is 1110. The highest BCUT2D eigenvalue weighted by Crippen LogP contribution is 2.37. The minimum atomic E-state index is -0.490. The summed E-state index contributed by atoms with van der Waals surface area (Å²) in [4.78, 5) is 22.6. The van der Waals surface area contributed by atoms with Crippen LogP contribution in [0.15, 0.2) is 53.8 Å². The molecule has 0 saturated carbocycles. The molecule has 0 unspecified atom stereocenters. The number of carbonyl (C=O) groups is 1. The molecule has 1 N–H and O–H groups in total. The third-order valence-electron chi connectivity index (χ3n) is 4.43. The summed E-state index contributed by atoms with van der Waals surface area (Å²) in [6.45, 7) is 0.361. The predicted molar refractivity (Wildman–Crippen MR) is 116 cm³/mol. The fourth-order valence-electron chi connectivity index (χ4n) is 2.88. The second kappa shape index (κ2) is 10.1. The number of ether oxygens (including phenoxy) is 3. The lowest BCUT2D eigenvalue weighted by Gasteiger charge is -2.12. The molecule has 0 fully saturated rings. The molecule has 0 aliphatic carbocycles. The molecule has 0 aliphatic rings. The van der Waals surface area contributed by atoms with Gasteiger partial charge in [0.05, 0.1) is 39.0 Å². The molecule has 1 heterocycles. The van der Waals surface area contributed by atoms with Crippen molar-refractivity contribution in [1.29, 1.82) is 0 Å². The van der Waals surface area contributed by atoms with Crippen molar-refractivity contribution in [3.8, 4) is 17.2 Å². The number of hydrogen-bond acceptors (Lipinski definition) is 8. The van der Waals surface area contributed by atoms with Crippen molar-refractivity contribution in [2.75, 3.05) is 21.3 Å². The Kier molecular flexibility index (Phi) is 7.01. The molecule has 11 heteroatoms. The van der Waals surface area contributed by atoms with Crippen molar-refractivity contribution in [2.24, 2.45) is 5.10 Å². The number of carbonyl (C=O) groups excluding carboxylic acids is 1. The van der Waals surface area contributed by atoms with E-state index in [1.54, 1.807) is 41.2 Å². The maximum Gasteiger partial charge on any atom is 0.291 e. The molecule has 11 nitrogen and oxygen atoms in total.